The van der Waals surface area contributed by atoms with Gasteiger partial charge in [0.25, 0.3) is 5.91 Å². The molecule has 1 unspecified atom stereocenters. The Labute approximate surface area is 148 Å². The summed E-state index contributed by atoms with van der Waals surface area (Å²) in [6.45, 7) is 1.76. The van der Waals surface area contributed by atoms with Crippen LogP contribution in [-0.4, -0.2) is 55.6 Å². The molecule has 0 aliphatic heterocycles. The zero-order valence-corrected chi connectivity index (χ0v) is 15.4. The van der Waals surface area contributed by atoms with E-state index in [-0.39, 0.29) is 15.6 Å². The molecule has 11 heteroatoms. The molecule has 2 atom stereocenters. The Hall–Kier alpha value is -1.36. The normalized spacial score (nSPS) is 16.4. The molecule has 1 aromatic rings. The number of nitrogens with one attached hydrogen (secondary N) is 1. The minimum Gasteiger partial charge on any atom is -0.373 e. The van der Waals surface area contributed by atoms with Crippen molar-refractivity contribution < 1.29 is 31.5 Å². The molecule has 142 valence electrons. The van der Waals surface area contributed by atoms with Crippen molar-refractivity contribution in [2.45, 2.75) is 35.9 Å². The molecule has 1 rings (SSSR count). The molecule has 6 nitrogen and oxygen atoms in total. The number of aliphatic hydroxyl groups is 1. The smallest absolute Gasteiger partial charge is 0.373 e. The lowest BCUT2D eigenvalue weighted by Gasteiger charge is -2.25. The van der Waals surface area contributed by atoms with Crippen LogP contribution in [0.3, 0.4) is 0 Å². The minimum absolute atomic E-state index is 0.153. The summed E-state index contributed by atoms with van der Waals surface area (Å²) in [5, 5.41) is 10.0. The van der Waals surface area contributed by atoms with Crippen molar-refractivity contribution in [3.8, 4) is 0 Å². The second-order valence-electron chi connectivity index (χ2n) is 5.77. The predicted molar refractivity (Wildman–Crippen MR) is 87.1 cm³/mol. The first-order valence-electron chi connectivity index (χ1n) is 6.92. The Bertz CT molecular complexity index is 764. The van der Waals surface area contributed by atoms with Gasteiger partial charge in [-0.15, -0.1) is 0 Å². The van der Waals surface area contributed by atoms with Gasteiger partial charge in [0.15, 0.2) is 9.84 Å². The monoisotopic (exact) mass is 402 g/mol. The van der Waals surface area contributed by atoms with E-state index in [0.29, 0.717) is 6.92 Å². The summed E-state index contributed by atoms with van der Waals surface area (Å²) in [5.41, 5.74) is -3.88. The predicted octanol–water partition coefficient (Wildman–Crippen LogP) is 2.27. The fourth-order valence-electron chi connectivity index (χ4n) is 1.62. The number of anilines is 1. The van der Waals surface area contributed by atoms with Crippen molar-refractivity contribution in [2.24, 2.45) is 0 Å². The molecule has 1 amide bonds. The number of carbonyl (C=O) groups is 1. The van der Waals surface area contributed by atoms with Crippen LogP contribution in [0.4, 0.5) is 18.9 Å². The molecule has 1 aromatic carbocycles. The van der Waals surface area contributed by atoms with Crippen LogP contribution in [0.25, 0.3) is 0 Å². The molecule has 0 heterocycles. The molecule has 0 aromatic heterocycles. The number of rotatable bonds is 5. The van der Waals surface area contributed by atoms with E-state index in [1.165, 1.54) is 11.8 Å². The summed E-state index contributed by atoms with van der Waals surface area (Å²) in [6.07, 6.45) is -5.19. The molecule has 2 N–H and O–H groups in total. The maximum absolute atomic E-state index is 12.6. The van der Waals surface area contributed by atoms with E-state index in [1.54, 1.807) is 14.1 Å². The minimum atomic E-state index is -5.19. The second-order valence-corrected chi connectivity index (χ2v) is 8.42. The van der Waals surface area contributed by atoms with Crippen LogP contribution < -0.4 is 5.32 Å². The van der Waals surface area contributed by atoms with Crippen LogP contribution in [0.15, 0.2) is 23.1 Å². The summed E-state index contributed by atoms with van der Waals surface area (Å²) in [4.78, 5) is 13.0. The Balaban J connectivity index is 3.15. The average molecular weight is 403 g/mol. The number of sulfone groups is 1. The van der Waals surface area contributed by atoms with Crippen molar-refractivity contribution in [2.75, 3.05) is 19.4 Å². The number of alkyl halides is 3. The molecule has 25 heavy (non-hydrogen) atoms. The van der Waals surface area contributed by atoms with E-state index in [1.807, 2.05) is 5.32 Å². The Morgan fingerprint density at radius 2 is 1.84 bits per heavy atom. The molecule has 0 bridgehead atoms. The molecular weight excluding hydrogens is 385 g/mol. The second kappa shape index (κ2) is 7.10. The fraction of sp³-hybridized carbons (Fsp3) is 0.500. The first-order valence-corrected chi connectivity index (χ1v) is 8.85. The van der Waals surface area contributed by atoms with Gasteiger partial charge in [0, 0.05) is 0 Å². The molecule has 0 spiro atoms. The third kappa shape index (κ3) is 4.43. The van der Waals surface area contributed by atoms with Crippen molar-refractivity contribution in [1.29, 1.82) is 0 Å². The lowest BCUT2D eigenvalue weighted by atomic mass is 10.1. The van der Waals surface area contributed by atoms with Crippen molar-refractivity contribution in [3.63, 3.8) is 0 Å². The van der Waals surface area contributed by atoms with Crippen LogP contribution in [0, 0.1) is 0 Å². The van der Waals surface area contributed by atoms with Crippen molar-refractivity contribution in [3.05, 3.63) is 23.2 Å². The highest BCUT2D eigenvalue weighted by molar-refractivity contribution is 7.92. The molecular formula is C14H18ClF3N2O4S. The lowest BCUT2D eigenvalue weighted by Crippen LogP contribution is -2.52. The zero-order chi connectivity index (χ0) is 19.8. The zero-order valence-electron chi connectivity index (χ0n) is 13.8. The summed E-state index contributed by atoms with van der Waals surface area (Å²) in [6, 6.07) is 3.19. The highest BCUT2D eigenvalue weighted by atomic mass is 35.5. The number of hydrogen-bond donors (Lipinski definition) is 2. The quantitative estimate of drug-likeness (QED) is 0.789. The summed E-state index contributed by atoms with van der Waals surface area (Å²) in [7, 11) is -0.624. The largest absolute Gasteiger partial charge is 0.426 e. The van der Waals surface area contributed by atoms with E-state index >= 15 is 0 Å². The SMILES string of the molecule is CC(N(C)C)S(=O)(=O)c1ccc(NC(=O)[C@@](C)(O)C(F)(F)F)c(Cl)c1. The maximum Gasteiger partial charge on any atom is 0.426 e. The van der Waals surface area contributed by atoms with Gasteiger partial charge in [-0.1, -0.05) is 11.6 Å². The van der Waals surface area contributed by atoms with Gasteiger partial charge in [-0.05, 0) is 46.1 Å². The molecule has 0 radical (unpaired) electrons. The van der Waals surface area contributed by atoms with Gasteiger partial charge in [-0.25, -0.2) is 8.42 Å². The van der Waals surface area contributed by atoms with E-state index in [2.05, 4.69) is 0 Å². The molecule has 0 saturated carbocycles. The molecule has 0 aliphatic rings. The maximum atomic E-state index is 12.6. The number of halogens is 4. The van der Waals surface area contributed by atoms with Gasteiger partial charge in [0.1, 0.15) is 5.37 Å². The van der Waals surface area contributed by atoms with Crippen LogP contribution in [-0.2, 0) is 14.6 Å². The van der Waals surface area contributed by atoms with Gasteiger partial charge in [0.2, 0.25) is 5.60 Å². The Morgan fingerprint density at radius 1 is 1.32 bits per heavy atom. The first kappa shape index (κ1) is 21.7. The van der Waals surface area contributed by atoms with Crippen molar-refractivity contribution in [1.82, 2.24) is 4.90 Å². The van der Waals surface area contributed by atoms with Crippen LogP contribution in [0.2, 0.25) is 5.02 Å². The van der Waals surface area contributed by atoms with Crippen LogP contribution in [0.1, 0.15) is 13.8 Å². The number of carbonyl (C=O) groups excluding carboxylic acids is 1. The van der Waals surface area contributed by atoms with Crippen molar-refractivity contribution >= 4 is 33.0 Å². The van der Waals surface area contributed by atoms with Gasteiger partial charge < -0.3 is 10.4 Å². The van der Waals surface area contributed by atoms with E-state index in [9.17, 15) is 31.5 Å². The number of hydrogen-bond acceptors (Lipinski definition) is 5. The van der Waals surface area contributed by atoms with E-state index < -0.39 is 32.9 Å². The average Bonchev–Trinajstić information content (AvgIpc) is 2.46. The van der Waals surface area contributed by atoms with E-state index in [4.69, 9.17) is 11.6 Å². The highest BCUT2D eigenvalue weighted by Crippen LogP contribution is 2.33. The topological polar surface area (TPSA) is 86.7 Å². The number of nitrogens with zero attached hydrogens (tertiary/aromatic N) is 1. The summed E-state index contributed by atoms with van der Waals surface area (Å²) >= 11 is 5.87. The number of benzene rings is 1. The lowest BCUT2D eigenvalue weighted by molar-refractivity contribution is -0.242. The van der Waals surface area contributed by atoms with Gasteiger partial charge in [0.05, 0.1) is 15.6 Å². The van der Waals surface area contributed by atoms with Crippen LogP contribution >= 0.6 is 11.6 Å². The Morgan fingerprint density at radius 3 is 2.24 bits per heavy atom. The highest BCUT2D eigenvalue weighted by Gasteiger charge is 2.55. The molecule has 0 fully saturated rings. The van der Waals surface area contributed by atoms with Gasteiger partial charge in [-0.3, -0.25) is 9.69 Å². The molecule has 0 saturated heterocycles. The third-order valence-corrected chi connectivity index (χ3v) is 6.23. The summed E-state index contributed by atoms with van der Waals surface area (Å²) in [5.74, 6) is -1.74. The van der Waals surface area contributed by atoms with E-state index in [0.717, 1.165) is 18.2 Å². The fourth-order valence-corrected chi connectivity index (χ4v) is 3.40. The first-order chi connectivity index (χ1) is 11.1. The number of amides is 1. The van der Waals surface area contributed by atoms with Gasteiger partial charge >= 0.3 is 6.18 Å². The van der Waals surface area contributed by atoms with Crippen LogP contribution in [0.5, 0.6) is 0 Å². The van der Waals surface area contributed by atoms with Gasteiger partial charge in [-0.2, -0.15) is 13.2 Å². The standard InChI is InChI=1S/C14H18ClF3N2O4S/c1-8(20(3)4)25(23,24)9-5-6-11(10(15)7-9)19-12(21)13(2,22)14(16,17)18/h5-8,22H,1-4H3,(H,19,21)/t8?,13-/m1/s1. The third-order valence-electron chi connectivity index (χ3n) is 3.69. The molecule has 0 aliphatic carbocycles. The Kier molecular flexibility index (Phi) is 6.16. The summed E-state index contributed by atoms with van der Waals surface area (Å²) < 4.78 is 62.7.